The number of nitrogens with zero attached hydrogens (tertiary/aromatic N) is 1. The average Bonchev–Trinajstić information content (AvgIpc) is 2.23. The molecule has 1 amide bonds. The molecule has 0 saturated carbocycles. The van der Waals surface area contributed by atoms with E-state index in [1.807, 2.05) is 18.2 Å². The van der Waals surface area contributed by atoms with Crippen LogP contribution in [0.2, 0.25) is 0 Å². The second kappa shape index (κ2) is 4.45. The van der Waals surface area contributed by atoms with Gasteiger partial charge in [-0.15, -0.1) is 0 Å². The van der Waals surface area contributed by atoms with Crippen LogP contribution < -0.4 is 9.64 Å². The fraction of sp³-hybridized carbons (Fsp3) is 0.417. The van der Waals surface area contributed by atoms with Crippen molar-refractivity contribution in [2.24, 2.45) is 0 Å². The van der Waals surface area contributed by atoms with E-state index in [4.69, 9.17) is 4.74 Å². The second-order valence-electron chi connectivity index (χ2n) is 4.03. The van der Waals surface area contributed by atoms with Gasteiger partial charge < -0.3 is 9.64 Å². The summed E-state index contributed by atoms with van der Waals surface area (Å²) in [7, 11) is 1.78. The molecular weight excluding hydrogens is 270 g/mol. The Bertz CT molecular complexity index is 417. The molecule has 86 valence electrons. The number of alkyl halides is 1. The molecule has 0 N–H and O–H groups in total. The molecule has 2 rings (SSSR count). The van der Waals surface area contributed by atoms with Crippen molar-refractivity contribution >= 4 is 27.5 Å². The number of ether oxygens (including phenoxy) is 1. The van der Waals surface area contributed by atoms with Gasteiger partial charge in [0.15, 0.2) is 6.61 Å². The lowest BCUT2D eigenvalue weighted by Gasteiger charge is -2.26. The molecule has 1 aromatic rings. The van der Waals surface area contributed by atoms with Gasteiger partial charge in [0.05, 0.1) is 5.69 Å². The van der Waals surface area contributed by atoms with Crippen LogP contribution in [-0.4, -0.2) is 24.4 Å². The Balaban J connectivity index is 2.33. The van der Waals surface area contributed by atoms with Crippen molar-refractivity contribution in [1.29, 1.82) is 0 Å². The van der Waals surface area contributed by atoms with Crippen molar-refractivity contribution in [1.82, 2.24) is 0 Å². The highest BCUT2D eigenvalue weighted by molar-refractivity contribution is 9.09. The standard InChI is InChI=1S/C12H14BrNO2/c1-8(13)5-9-3-4-11-10(6-9)14(2)12(15)7-16-11/h3-4,6,8H,5,7H2,1-2H3. The van der Waals surface area contributed by atoms with E-state index in [9.17, 15) is 4.79 Å². The monoisotopic (exact) mass is 283 g/mol. The molecule has 4 heteroatoms. The molecule has 0 aliphatic carbocycles. The quantitative estimate of drug-likeness (QED) is 0.780. The summed E-state index contributed by atoms with van der Waals surface area (Å²) < 4.78 is 5.36. The molecule has 1 unspecified atom stereocenters. The summed E-state index contributed by atoms with van der Waals surface area (Å²) >= 11 is 3.52. The lowest BCUT2D eigenvalue weighted by Crippen LogP contribution is -2.35. The molecule has 1 aromatic carbocycles. The van der Waals surface area contributed by atoms with Gasteiger partial charge in [0.2, 0.25) is 0 Å². The van der Waals surface area contributed by atoms with Crippen LogP contribution in [0.5, 0.6) is 5.75 Å². The minimum absolute atomic E-state index is 0.00320. The van der Waals surface area contributed by atoms with Crippen LogP contribution in [0.15, 0.2) is 18.2 Å². The molecule has 0 radical (unpaired) electrons. The van der Waals surface area contributed by atoms with Crippen LogP contribution >= 0.6 is 15.9 Å². The van der Waals surface area contributed by atoms with Gasteiger partial charge in [-0.25, -0.2) is 0 Å². The number of amides is 1. The van der Waals surface area contributed by atoms with Gasteiger partial charge in [-0.2, -0.15) is 0 Å². The van der Waals surface area contributed by atoms with E-state index in [0.717, 1.165) is 17.9 Å². The maximum absolute atomic E-state index is 11.5. The van der Waals surface area contributed by atoms with E-state index in [2.05, 4.69) is 22.9 Å². The third-order valence-corrected chi connectivity index (χ3v) is 2.95. The van der Waals surface area contributed by atoms with Gasteiger partial charge in [-0.1, -0.05) is 28.9 Å². The molecule has 0 saturated heterocycles. The molecule has 3 nitrogen and oxygen atoms in total. The number of anilines is 1. The molecule has 16 heavy (non-hydrogen) atoms. The maximum Gasteiger partial charge on any atom is 0.264 e. The van der Waals surface area contributed by atoms with E-state index in [1.165, 1.54) is 5.56 Å². The number of likely N-dealkylation sites (N-methyl/N-ethyl adjacent to an activating group) is 1. The summed E-state index contributed by atoms with van der Waals surface area (Å²) in [4.78, 5) is 13.6. The molecule has 1 aliphatic heterocycles. The van der Waals surface area contributed by atoms with Crippen molar-refractivity contribution < 1.29 is 9.53 Å². The van der Waals surface area contributed by atoms with Crippen molar-refractivity contribution in [2.45, 2.75) is 18.2 Å². The number of hydrogen-bond acceptors (Lipinski definition) is 2. The van der Waals surface area contributed by atoms with Crippen molar-refractivity contribution in [3.8, 4) is 5.75 Å². The Morgan fingerprint density at radius 1 is 1.56 bits per heavy atom. The third kappa shape index (κ3) is 2.21. The lowest BCUT2D eigenvalue weighted by atomic mass is 10.1. The molecule has 0 aromatic heterocycles. The van der Waals surface area contributed by atoms with E-state index in [1.54, 1.807) is 11.9 Å². The Morgan fingerprint density at radius 2 is 2.31 bits per heavy atom. The first-order chi connectivity index (χ1) is 7.58. The molecule has 0 spiro atoms. The zero-order chi connectivity index (χ0) is 11.7. The fourth-order valence-electron chi connectivity index (χ4n) is 1.77. The summed E-state index contributed by atoms with van der Waals surface area (Å²) in [6.07, 6.45) is 0.940. The van der Waals surface area contributed by atoms with E-state index >= 15 is 0 Å². The first kappa shape index (κ1) is 11.5. The third-order valence-electron chi connectivity index (χ3n) is 2.63. The van der Waals surface area contributed by atoms with Crippen molar-refractivity contribution in [3.63, 3.8) is 0 Å². The second-order valence-corrected chi connectivity index (χ2v) is 5.59. The molecule has 1 heterocycles. The normalized spacial score (nSPS) is 16.7. The topological polar surface area (TPSA) is 29.5 Å². The summed E-state index contributed by atoms with van der Waals surface area (Å²) in [5, 5.41) is 0. The van der Waals surface area contributed by atoms with Gasteiger partial charge >= 0.3 is 0 Å². The van der Waals surface area contributed by atoms with Gasteiger partial charge in [0.25, 0.3) is 5.91 Å². The molecule has 0 bridgehead atoms. The van der Waals surface area contributed by atoms with E-state index < -0.39 is 0 Å². The molecule has 1 atom stereocenters. The highest BCUT2D eigenvalue weighted by atomic mass is 79.9. The van der Waals surface area contributed by atoms with Crippen LogP contribution in [-0.2, 0) is 11.2 Å². The minimum atomic E-state index is -0.00320. The molecule has 1 aliphatic rings. The van der Waals surface area contributed by atoms with Gasteiger partial charge in [0, 0.05) is 11.9 Å². The number of hydrogen-bond donors (Lipinski definition) is 0. The maximum atomic E-state index is 11.5. The number of rotatable bonds is 2. The summed E-state index contributed by atoms with van der Waals surface area (Å²) in [6, 6.07) is 5.99. The Morgan fingerprint density at radius 3 is 3.00 bits per heavy atom. The van der Waals surface area contributed by atoms with Crippen LogP contribution in [0.4, 0.5) is 5.69 Å². The highest BCUT2D eigenvalue weighted by Crippen LogP contribution is 2.32. The first-order valence-electron chi connectivity index (χ1n) is 5.24. The van der Waals surface area contributed by atoms with E-state index in [0.29, 0.717) is 4.83 Å². The number of fused-ring (bicyclic) bond motifs is 1. The Kier molecular flexibility index (Phi) is 3.19. The Labute approximate surface area is 104 Å². The summed E-state index contributed by atoms with van der Waals surface area (Å²) in [6.45, 7) is 2.24. The van der Waals surface area contributed by atoms with Crippen LogP contribution in [0.3, 0.4) is 0 Å². The largest absolute Gasteiger partial charge is 0.482 e. The highest BCUT2D eigenvalue weighted by Gasteiger charge is 2.22. The SMILES string of the molecule is CC(Br)Cc1ccc2c(c1)N(C)C(=O)CO2. The van der Waals surface area contributed by atoms with Gasteiger partial charge in [-0.05, 0) is 24.1 Å². The van der Waals surface area contributed by atoms with Crippen molar-refractivity contribution in [2.75, 3.05) is 18.6 Å². The van der Waals surface area contributed by atoms with Gasteiger partial charge in [0.1, 0.15) is 5.75 Å². The van der Waals surface area contributed by atoms with Crippen molar-refractivity contribution in [3.05, 3.63) is 23.8 Å². The van der Waals surface area contributed by atoms with Crippen LogP contribution in [0.25, 0.3) is 0 Å². The van der Waals surface area contributed by atoms with Crippen LogP contribution in [0.1, 0.15) is 12.5 Å². The number of halogens is 1. The summed E-state index contributed by atoms with van der Waals surface area (Å²) in [5.41, 5.74) is 2.06. The predicted octanol–water partition coefficient (Wildman–Crippen LogP) is 2.37. The molecular formula is C12H14BrNO2. The number of carbonyl (C=O) groups is 1. The predicted molar refractivity (Wildman–Crippen MR) is 67.4 cm³/mol. The number of benzene rings is 1. The first-order valence-corrected chi connectivity index (χ1v) is 6.16. The minimum Gasteiger partial charge on any atom is -0.482 e. The zero-order valence-electron chi connectivity index (χ0n) is 9.37. The smallest absolute Gasteiger partial charge is 0.264 e. The number of carbonyl (C=O) groups excluding carboxylic acids is 1. The summed E-state index contributed by atoms with van der Waals surface area (Å²) in [5.74, 6) is 0.782. The van der Waals surface area contributed by atoms with Gasteiger partial charge in [-0.3, -0.25) is 4.79 Å². The lowest BCUT2D eigenvalue weighted by molar-refractivity contribution is -0.120. The molecule has 0 fully saturated rings. The van der Waals surface area contributed by atoms with Crippen LogP contribution in [0, 0.1) is 0 Å². The van der Waals surface area contributed by atoms with E-state index in [-0.39, 0.29) is 12.5 Å². The Hall–Kier alpha value is -1.03. The fourth-order valence-corrected chi connectivity index (χ4v) is 2.14. The average molecular weight is 284 g/mol. The zero-order valence-corrected chi connectivity index (χ0v) is 11.0.